The predicted octanol–water partition coefficient (Wildman–Crippen LogP) is 2.78. The number of nitrogens with one attached hydrogen (secondary N) is 4. The Morgan fingerprint density at radius 3 is 2.64 bits per heavy atom. The molecule has 1 amide bonds. The summed E-state index contributed by atoms with van der Waals surface area (Å²) in [7, 11) is 0. The van der Waals surface area contributed by atoms with E-state index in [1.165, 1.54) is 17.5 Å². The van der Waals surface area contributed by atoms with Gasteiger partial charge in [0, 0.05) is 11.4 Å². The van der Waals surface area contributed by atoms with Crippen LogP contribution in [0.25, 0.3) is 11.0 Å². The molecular weight excluding hydrogens is 316 g/mol. The van der Waals surface area contributed by atoms with Gasteiger partial charge in [-0.25, -0.2) is 4.79 Å². The second-order valence-corrected chi connectivity index (χ2v) is 6.53. The van der Waals surface area contributed by atoms with Gasteiger partial charge in [0.2, 0.25) is 5.91 Å². The fourth-order valence-electron chi connectivity index (χ4n) is 3.34. The molecule has 1 aliphatic rings. The molecule has 0 bridgehead atoms. The molecule has 1 aliphatic carbocycles. The van der Waals surface area contributed by atoms with E-state index in [9.17, 15) is 9.59 Å². The first-order valence-electron chi connectivity index (χ1n) is 8.50. The molecule has 128 valence electrons. The Morgan fingerprint density at radius 2 is 1.76 bits per heavy atom. The van der Waals surface area contributed by atoms with Crippen molar-refractivity contribution in [3.63, 3.8) is 0 Å². The summed E-state index contributed by atoms with van der Waals surface area (Å²) in [6.45, 7) is 1.83. The Hall–Kier alpha value is -3.02. The molecule has 6 heteroatoms. The Morgan fingerprint density at radius 1 is 1.00 bits per heavy atom. The molecule has 1 unspecified atom stereocenters. The van der Waals surface area contributed by atoms with Crippen LogP contribution in [-0.2, 0) is 17.6 Å². The molecule has 2 aromatic carbocycles. The third-order valence-electron chi connectivity index (χ3n) is 4.66. The number of benzene rings is 2. The number of amides is 1. The van der Waals surface area contributed by atoms with Gasteiger partial charge >= 0.3 is 5.69 Å². The number of anilines is 2. The topological polar surface area (TPSA) is 89.8 Å². The summed E-state index contributed by atoms with van der Waals surface area (Å²) in [6, 6.07) is 11.2. The van der Waals surface area contributed by atoms with Crippen LogP contribution in [0.1, 0.15) is 24.5 Å². The van der Waals surface area contributed by atoms with E-state index in [0.717, 1.165) is 18.5 Å². The lowest BCUT2D eigenvalue weighted by Gasteiger charge is -2.16. The normalized spacial score (nSPS) is 14.3. The van der Waals surface area contributed by atoms with Crippen LogP contribution in [0.2, 0.25) is 0 Å². The van der Waals surface area contributed by atoms with E-state index in [0.29, 0.717) is 16.7 Å². The second-order valence-electron chi connectivity index (χ2n) is 6.53. The van der Waals surface area contributed by atoms with E-state index < -0.39 is 0 Å². The maximum atomic E-state index is 12.4. The highest BCUT2D eigenvalue weighted by Crippen LogP contribution is 2.25. The Kier molecular flexibility index (Phi) is 3.80. The SMILES string of the molecule is CC(Nc1ccc2c(c1)CCC2)C(=O)Nc1ccc2[nH]c(=O)[nH]c2c1. The molecule has 6 nitrogen and oxygen atoms in total. The smallest absolute Gasteiger partial charge is 0.323 e. The summed E-state index contributed by atoms with van der Waals surface area (Å²) in [6.07, 6.45) is 3.47. The molecule has 1 heterocycles. The molecule has 1 atom stereocenters. The lowest BCUT2D eigenvalue weighted by Crippen LogP contribution is -2.31. The van der Waals surface area contributed by atoms with Crippen molar-refractivity contribution in [1.29, 1.82) is 0 Å². The van der Waals surface area contributed by atoms with Gasteiger partial charge in [-0.3, -0.25) is 4.79 Å². The summed E-state index contributed by atoms with van der Waals surface area (Å²) in [5.74, 6) is -0.127. The molecule has 0 fully saturated rings. The molecule has 0 spiro atoms. The van der Waals surface area contributed by atoms with E-state index in [4.69, 9.17) is 0 Å². The number of carbonyl (C=O) groups excluding carboxylic acids is 1. The van der Waals surface area contributed by atoms with Gasteiger partial charge in [0.15, 0.2) is 0 Å². The highest BCUT2D eigenvalue weighted by atomic mass is 16.2. The van der Waals surface area contributed by atoms with Crippen molar-refractivity contribution in [3.05, 3.63) is 58.0 Å². The minimum Gasteiger partial charge on any atom is -0.374 e. The maximum Gasteiger partial charge on any atom is 0.323 e. The molecule has 1 aromatic heterocycles. The number of carbonyl (C=O) groups is 1. The molecule has 0 saturated carbocycles. The van der Waals surface area contributed by atoms with Crippen LogP contribution in [0.15, 0.2) is 41.2 Å². The van der Waals surface area contributed by atoms with E-state index in [2.05, 4.69) is 32.7 Å². The predicted molar refractivity (Wildman–Crippen MR) is 99.1 cm³/mol. The molecule has 0 saturated heterocycles. The minimum atomic E-state index is -0.375. The second kappa shape index (κ2) is 6.12. The van der Waals surface area contributed by atoms with Crippen molar-refractivity contribution >= 4 is 28.3 Å². The summed E-state index contributed by atoms with van der Waals surface area (Å²) >= 11 is 0. The first-order valence-corrected chi connectivity index (χ1v) is 8.50. The van der Waals surface area contributed by atoms with Gasteiger partial charge in [0.05, 0.1) is 11.0 Å². The largest absolute Gasteiger partial charge is 0.374 e. The summed E-state index contributed by atoms with van der Waals surface area (Å²) in [5, 5.41) is 6.14. The zero-order valence-corrected chi connectivity index (χ0v) is 14.0. The minimum absolute atomic E-state index is 0.127. The number of aromatic nitrogens is 2. The fraction of sp³-hybridized carbons (Fsp3) is 0.263. The van der Waals surface area contributed by atoms with Crippen LogP contribution < -0.4 is 16.3 Å². The highest BCUT2D eigenvalue weighted by Gasteiger charge is 2.15. The van der Waals surface area contributed by atoms with Crippen molar-refractivity contribution in [3.8, 4) is 0 Å². The van der Waals surface area contributed by atoms with E-state index in [1.54, 1.807) is 18.2 Å². The van der Waals surface area contributed by atoms with Crippen molar-refractivity contribution in [1.82, 2.24) is 9.97 Å². The average molecular weight is 336 g/mol. The zero-order chi connectivity index (χ0) is 17.4. The molecule has 0 radical (unpaired) electrons. The quantitative estimate of drug-likeness (QED) is 0.590. The van der Waals surface area contributed by atoms with Crippen molar-refractivity contribution in [2.75, 3.05) is 10.6 Å². The molecule has 25 heavy (non-hydrogen) atoms. The number of imidazole rings is 1. The fourth-order valence-corrected chi connectivity index (χ4v) is 3.34. The number of aryl methyl sites for hydroxylation is 2. The van der Waals surface area contributed by atoms with E-state index >= 15 is 0 Å². The van der Waals surface area contributed by atoms with Crippen LogP contribution in [0.5, 0.6) is 0 Å². The summed E-state index contributed by atoms with van der Waals surface area (Å²) < 4.78 is 0. The Labute approximate surface area is 144 Å². The van der Waals surface area contributed by atoms with E-state index in [1.807, 2.05) is 13.0 Å². The first-order chi connectivity index (χ1) is 12.1. The van der Waals surface area contributed by atoms with Crippen LogP contribution in [0, 0.1) is 0 Å². The Balaban J connectivity index is 1.45. The first kappa shape index (κ1) is 15.5. The van der Waals surface area contributed by atoms with Gasteiger partial charge in [-0.15, -0.1) is 0 Å². The Bertz CT molecular complexity index is 1000. The van der Waals surface area contributed by atoms with Crippen molar-refractivity contribution in [2.24, 2.45) is 0 Å². The molecular formula is C19H20N4O2. The number of H-pyrrole nitrogens is 2. The molecule has 4 rings (SSSR count). The van der Waals surface area contributed by atoms with Gasteiger partial charge in [-0.1, -0.05) is 6.07 Å². The number of rotatable bonds is 4. The summed E-state index contributed by atoms with van der Waals surface area (Å²) in [5.41, 5.74) is 5.53. The number of aromatic amines is 2. The average Bonchev–Trinajstić information content (AvgIpc) is 3.19. The van der Waals surface area contributed by atoms with Crippen LogP contribution in [0.4, 0.5) is 11.4 Å². The van der Waals surface area contributed by atoms with E-state index in [-0.39, 0.29) is 17.6 Å². The highest BCUT2D eigenvalue weighted by molar-refractivity contribution is 5.97. The lowest BCUT2D eigenvalue weighted by molar-refractivity contribution is -0.116. The van der Waals surface area contributed by atoms with Gasteiger partial charge in [0.1, 0.15) is 6.04 Å². The molecule has 3 aromatic rings. The molecule has 0 aliphatic heterocycles. The van der Waals surface area contributed by atoms with Crippen LogP contribution >= 0.6 is 0 Å². The van der Waals surface area contributed by atoms with Gasteiger partial charge < -0.3 is 20.6 Å². The van der Waals surface area contributed by atoms with Gasteiger partial charge in [-0.05, 0) is 67.6 Å². The summed E-state index contributed by atoms with van der Waals surface area (Å²) in [4.78, 5) is 29.1. The van der Waals surface area contributed by atoms with Gasteiger partial charge in [-0.2, -0.15) is 0 Å². The van der Waals surface area contributed by atoms with Gasteiger partial charge in [0.25, 0.3) is 0 Å². The number of fused-ring (bicyclic) bond motifs is 2. The third kappa shape index (κ3) is 3.15. The third-order valence-corrected chi connectivity index (χ3v) is 4.66. The van der Waals surface area contributed by atoms with Crippen LogP contribution in [-0.4, -0.2) is 21.9 Å². The maximum absolute atomic E-state index is 12.4. The standard InChI is InChI=1S/C19H20N4O2/c1-11(20-14-6-5-12-3-2-4-13(12)9-14)18(24)21-15-7-8-16-17(10-15)23-19(25)22-16/h5-11,20H,2-4H2,1H3,(H,21,24)(H2,22,23,25). The van der Waals surface area contributed by atoms with Crippen molar-refractivity contribution in [2.45, 2.75) is 32.2 Å². The lowest BCUT2D eigenvalue weighted by atomic mass is 10.1. The molecule has 4 N–H and O–H groups in total. The van der Waals surface area contributed by atoms with Crippen molar-refractivity contribution < 1.29 is 4.79 Å². The van der Waals surface area contributed by atoms with Crippen LogP contribution in [0.3, 0.4) is 0 Å². The zero-order valence-electron chi connectivity index (χ0n) is 14.0. The number of hydrogen-bond donors (Lipinski definition) is 4. The monoisotopic (exact) mass is 336 g/mol. The number of hydrogen-bond acceptors (Lipinski definition) is 3.